The minimum atomic E-state index is -0.467. The van der Waals surface area contributed by atoms with Crippen molar-refractivity contribution in [3.05, 3.63) is 29.8 Å². The van der Waals surface area contributed by atoms with E-state index in [-0.39, 0.29) is 36.3 Å². The van der Waals surface area contributed by atoms with E-state index in [9.17, 15) is 14.4 Å². The molecule has 2 unspecified atom stereocenters. The van der Waals surface area contributed by atoms with E-state index in [0.717, 1.165) is 25.7 Å². The molecule has 0 radical (unpaired) electrons. The number of hydrogen-bond acceptors (Lipinski definition) is 4. The summed E-state index contributed by atoms with van der Waals surface area (Å²) in [5, 5.41) is 5.86. The normalized spacial score (nSPS) is 22.3. The molecule has 2 atom stereocenters. The van der Waals surface area contributed by atoms with E-state index in [1.807, 2.05) is 0 Å². The highest BCUT2D eigenvalue weighted by molar-refractivity contribution is 6.04. The van der Waals surface area contributed by atoms with Crippen LogP contribution in [0.2, 0.25) is 0 Å². The number of rotatable bonds is 6. The summed E-state index contributed by atoms with van der Waals surface area (Å²) in [7, 11) is 0. The fourth-order valence-electron chi connectivity index (χ4n) is 3.53. The number of benzene rings is 1. The first-order chi connectivity index (χ1) is 12.6. The number of nitrogens with one attached hydrogen (secondary N) is 2. The molecule has 1 aromatic carbocycles. The Kier molecular flexibility index (Phi) is 5.91. The lowest BCUT2D eigenvalue weighted by Gasteiger charge is -2.22. The third kappa shape index (κ3) is 4.42. The Hall–Kier alpha value is -2.37. The highest BCUT2D eigenvalue weighted by Crippen LogP contribution is 2.40. The number of carbonyl (C=O) groups is 3. The van der Waals surface area contributed by atoms with Gasteiger partial charge in [0.15, 0.2) is 0 Å². The predicted molar refractivity (Wildman–Crippen MR) is 97.6 cm³/mol. The van der Waals surface area contributed by atoms with Crippen molar-refractivity contribution in [2.24, 2.45) is 11.8 Å². The number of para-hydroxylation sites is 1. The van der Waals surface area contributed by atoms with Gasteiger partial charge in [-0.05, 0) is 38.3 Å². The second-order valence-electron chi connectivity index (χ2n) is 7.05. The van der Waals surface area contributed by atoms with Crippen molar-refractivity contribution in [3.63, 3.8) is 0 Å². The first-order valence-electron chi connectivity index (χ1n) is 9.47. The number of anilines is 1. The predicted octanol–water partition coefficient (Wildman–Crippen LogP) is 2.89. The van der Waals surface area contributed by atoms with E-state index in [1.54, 1.807) is 31.2 Å². The van der Waals surface area contributed by atoms with Crippen molar-refractivity contribution in [2.75, 3.05) is 11.9 Å². The van der Waals surface area contributed by atoms with E-state index in [2.05, 4.69) is 10.6 Å². The summed E-state index contributed by atoms with van der Waals surface area (Å²) < 4.78 is 5.02. The molecule has 2 fully saturated rings. The quantitative estimate of drug-likeness (QED) is 0.766. The van der Waals surface area contributed by atoms with Crippen LogP contribution in [0.3, 0.4) is 0 Å². The Bertz CT molecular complexity index is 682. The van der Waals surface area contributed by atoms with Gasteiger partial charge in [-0.15, -0.1) is 0 Å². The topological polar surface area (TPSA) is 84.5 Å². The van der Waals surface area contributed by atoms with Crippen LogP contribution in [0.5, 0.6) is 0 Å². The summed E-state index contributed by atoms with van der Waals surface area (Å²) in [6.07, 6.45) is 6.17. The van der Waals surface area contributed by atoms with E-state index in [4.69, 9.17) is 4.74 Å². The first kappa shape index (κ1) is 18.4. The SMILES string of the molecule is CCOC(=O)c1ccccc1NC(=O)C1CC1C(=O)NC1CCCCC1. The zero-order chi connectivity index (χ0) is 18.5. The molecule has 0 spiro atoms. The number of esters is 1. The molecule has 0 heterocycles. The van der Waals surface area contributed by atoms with Crippen LogP contribution < -0.4 is 10.6 Å². The van der Waals surface area contributed by atoms with Gasteiger partial charge in [0, 0.05) is 6.04 Å². The molecule has 0 aliphatic heterocycles. The molecule has 2 saturated carbocycles. The average molecular weight is 358 g/mol. The van der Waals surface area contributed by atoms with Gasteiger partial charge in [0.1, 0.15) is 0 Å². The summed E-state index contributed by atoms with van der Waals surface area (Å²) in [4.78, 5) is 36.8. The molecule has 1 aromatic rings. The van der Waals surface area contributed by atoms with Crippen molar-refractivity contribution in [1.82, 2.24) is 5.32 Å². The largest absolute Gasteiger partial charge is 0.462 e. The molecule has 2 amide bonds. The van der Waals surface area contributed by atoms with Crippen molar-refractivity contribution < 1.29 is 19.1 Å². The first-order valence-corrected chi connectivity index (χ1v) is 9.47. The number of carbonyl (C=O) groups excluding carboxylic acids is 3. The van der Waals surface area contributed by atoms with Crippen LogP contribution in [0.1, 0.15) is 55.8 Å². The molecule has 2 aliphatic rings. The molecule has 0 saturated heterocycles. The third-order valence-corrected chi connectivity index (χ3v) is 5.10. The number of ether oxygens (including phenoxy) is 1. The van der Waals surface area contributed by atoms with Crippen molar-refractivity contribution in [2.45, 2.75) is 51.5 Å². The standard InChI is InChI=1S/C20H26N2O4/c1-2-26-20(25)14-10-6-7-11-17(14)22-19(24)16-12-15(16)18(23)21-13-8-4-3-5-9-13/h6-7,10-11,13,15-16H,2-5,8-9,12H2,1H3,(H,21,23)(H,22,24). The molecule has 6 heteroatoms. The molecule has 0 aromatic heterocycles. The second-order valence-corrected chi connectivity index (χ2v) is 7.05. The van der Waals surface area contributed by atoms with Gasteiger partial charge in [-0.25, -0.2) is 4.79 Å². The zero-order valence-corrected chi connectivity index (χ0v) is 15.1. The zero-order valence-electron chi connectivity index (χ0n) is 15.1. The molecular weight excluding hydrogens is 332 g/mol. The van der Waals surface area contributed by atoms with Gasteiger partial charge in [0.2, 0.25) is 11.8 Å². The van der Waals surface area contributed by atoms with Gasteiger partial charge >= 0.3 is 5.97 Å². The van der Waals surface area contributed by atoms with Gasteiger partial charge in [-0.2, -0.15) is 0 Å². The van der Waals surface area contributed by atoms with Crippen LogP contribution in [0, 0.1) is 11.8 Å². The summed E-state index contributed by atoms with van der Waals surface area (Å²) in [6.45, 7) is 2.01. The highest BCUT2D eigenvalue weighted by Gasteiger charge is 2.48. The fraction of sp³-hybridized carbons (Fsp3) is 0.550. The molecular formula is C20H26N2O4. The number of hydrogen-bond donors (Lipinski definition) is 2. The Balaban J connectivity index is 1.55. The summed E-state index contributed by atoms with van der Waals surface area (Å²) >= 11 is 0. The summed E-state index contributed by atoms with van der Waals surface area (Å²) in [6, 6.07) is 7.01. The van der Waals surface area contributed by atoms with Crippen LogP contribution in [-0.4, -0.2) is 30.4 Å². The molecule has 26 heavy (non-hydrogen) atoms. The van der Waals surface area contributed by atoms with Crippen molar-refractivity contribution >= 4 is 23.5 Å². The Labute approximate surface area is 153 Å². The lowest BCUT2D eigenvalue weighted by molar-refractivity contribution is -0.126. The fourth-order valence-corrected chi connectivity index (χ4v) is 3.53. The maximum Gasteiger partial charge on any atom is 0.340 e. The van der Waals surface area contributed by atoms with E-state index in [0.29, 0.717) is 17.7 Å². The maximum atomic E-state index is 12.5. The molecule has 2 aliphatic carbocycles. The van der Waals surface area contributed by atoms with Crippen LogP contribution in [-0.2, 0) is 14.3 Å². The lowest BCUT2D eigenvalue weighted by atomic mass is 9.95. The Morgan fingerprint density at radius 1 is 1.04 bits per heavy atom. The minimum Gasteiger partial charge on any atom is -0.462 e. The highest BCUT2D eigenvalue weighted by atomic mass is 16.5. The van der Waals surface area contributed by atoms with Crippen LogP contribution in [0.15, 0.2) is 24.3 Å². The average Bonchev–Trinajstić information content (AvgIpc) is 3.44. The number of amides is 2. The van der Waals surface area contributed by atoms with Gasteiger partial charge in [0.05, 0.1) is 29.7 Å². The second kappa shape index (κ2) is 8.34. The van der Waals surface area contributed by atoms with Gasteiger partial charge < -0.3 is 15.4 Å². The molecule has 6 nitrogen and oxygen atoms in total. The van der Waals surface area contributed by atoms with E-state index >= 15 is 0 Å². The Morgan fingerprint density at radius 3 is 2.46 bits per heavy atom. The van der Waals surface area contributed by atoms with E-state index in [1.165, 1.54) is 6.42 Å². The maximum absolute atomic E-state index is 12.5. The van der Waals surface area contributed by atoms with E-state index < -0.39 is 5.97 Å². The van der Waals surface area contributed by atoms with Gasteiger partial charge in [0.25, 0.3) is 0 Å². The van der Waals surface area contributed by atoms with Crippen LogP contribution in [0.4, 0.5) is 5.69 Å². The lowest BCUT2D eigenvalue weighted by Crippen LogP contribution is -2.37. The molecule has 0 bridgehead atoms. The van der Waals surface area contributed by atoms with Crippen LogP contribution >= 0.6 is 0 Å². The summed E-state index contributed by atoms with van der Waals surface area (Å²) in [5.74, 6) is -1.28. The summed E-state index contributed by atoms with van der Waals surface area (Å²) in [5.41, 5.74) is 0.751. The molecule has 3 rings (SSSR count). The minimum absolute atomic E-state index is 0.0178. The van der Waals surface area contributed by atoms with Gasteiger partial charge in [-0.3, -0.25) is 9.59 Å². The van der Waals surface area contributed by atoms with Crippen LogP contribution in [0.25, 0.3) is 0 Å². The van der Waals surface area contributed by atoms with Crippen molar-refractivity contribution in [1.29, 1.82) is 0 Å². The smallest absolute Gasteiger partial charge is 0.340 e. The van der Waals surface area contributed by atoms with Crippen molar-refractivity contribution in [3.8, 4) is 0 Å². The third-order valence-electron chi connectivity index (χ3n) is 5.10. The monoisotopic (exact) mass is 358 g/mol. The molecule has 140 valence electrons. The molecule has 2 N–H and O–H groups in total. The Morgan fingerprint density at radius 2 is 1.73 bits per heavy atom. The van der Waals surface area contributed by atoms with Gasteiger partial charge in [-0.1, -0.05) is 31.4 Å².